The van der Waals surface area contributed by atoms with Crippen LogP contribution in [0.4, 0.5) is 0 Å². The number of unbranched alkanes of at least 4 members (excludes halogenated alkanes) is 2. The summed E-state index contributed by atoms with van der Waals surface area (Å²) in [6.45, 7) is 14.5. The number of nitrogens with one attached hydrogen (secondary N) is 16. The highest BCUT2D eigenvalue weighted by molar-refractivity contribution is 7.98. The maximum atomic E-state index is 14.7. The van der Waals surface area contributed by atoms with Gasteiger partial charge >= 0.3 is 11.9 Å². The second-order valence-corrected chi connectivity index (χ2v) is 34.7. The van der Waals surface area contributed by atoms with Crippen molar-refractivity contribution in [3.05, 3.63) is 0 Å². The van der Waals surface area contributed by atoms with E-state index >= 15 is 0 Å². The molecule has 0 aromatic carbocycles. The first-order valence-corrected chi connectivity index (χ1v) is 47.1. The molecule has 0 spiro atoms. The molecule has 0 radical (unpaired) electrons. The number of carboxylic acids is 2. The van der Waals surface area contributed by atoms with Crippen molar-refractivity contribution in [1.82, 2.24) is 85.1 Å². The predicted octanol–water partition coefficient (Wildman–Crippen LogP) is -7.87. The van der Waals surface area contributed by atoms with Crippen molar-refractivity contribution in [2.24, 2.45) is 90.3 Å². The van der Waals surface area contributed by atoms with E-state index in [9.17, 15) is 102 Å². The maximum absolute atomic E-state index is 14.7. The number of hydrogen-bond donors (Lipinski definition) is 29. The lowest BCUT2D eigenvalue weighted by atomic mass is 9.96. The molecule has 0 aromatic heterocycles. The SMILES string of the molecule is CC[C@H](C)[C@H](NC(=O)[C@H](CCCCN)NC(=O)[C@@H](NC(=O)[C@@H](NC(=O)[C@H](CCCN=C(N)N)NC(=O)[C@H](CC(N)=O)NC(=O)[C@H](CCCN=C(N)N)NC(=O)[C@@H]1CCCN1)[C@@H](C)CC)[C@@H](C)O)C(=O)NCC(=O)N[C@@H](CCCCN)C(=O)N[C@@H](CCCN=C(N)N)C(=O)N[C@H](C(=O)N[C@@H](CCSC)C(=O)N[C@@H](CC(C)C)C(=O)N[C@@H](CCC(=O)O)C(=O)N[C@@H](CS)C(=O)O)[C@@H](C)CC. The van der Waals surface area contributed by atoms with E-state index in [2.05, 4.69) is 113 Å². The zero-order valence-corrected chi connectivity index (χ0v) is 79.8. The average Bonchev–Trinajstić information content (AvgIpc) is 1.08. The third-order valence-corrected chi connectivity index (χ3v) is 22.9. The number of carbonyl (C=O) groups excluding carboxylic acids is 16. The van der Waals surface area contributed by atoms with Crippen LogP contribution in [-0.4, -0.2) is 300 Å². The van der Waals surface area contributed by atoms with Gasteiger partial charge in [-0.3, -0.25) is 96.5 Å². The van der Waals surface area contributed by atoms with Gasteiger partial charge in [0.1, 0.15) is 84.6 Å². The predicted molar refractivity (Wildman–Crippen MR) is 501 cm³/mol. The van der Waals surface area contributed by atoms with Crippen LogP contribution in [-0.2, 0) is 86.3 Å². The molecule has 1 aliphatic rings. The Labute approximate surface area is 785 Å². The van der Waals surface area contributed by atoms with Crippen LogP contribution in [0.15, 0.2) is 15.0 Å². The maximum Gasteiger partial charge on any atom is 0.327 e. The van der Waals surface area contributed by atoms with Crippen LogP contribution < -0.4 is 137 Å². The highest BCUT2D eigenvalue weighted by atomic mass is 32.2. The summed E-state index contributed by atoms with van der Waals surface area (Å²) in [6.07, 6.45) is 0.731. The average molecular weight is 1930 g/mol. The molecule has 0 bridgehead atoms. The van der Waals surface area contributed by atoms with Gasteiger partial charge in [-0.1, -0.05) is 74.7 Å². The molecule has 756 valence electrons. The molecular weight excluding hydrogens is 1780 g/mol. The van der Waals surface area contributed by atoms with Gasteiger partial charge in [-0.15, -0.1) is 0 Å². The Balaban J connectivity index is 3.71. The number of guanidine groups is 3. The van der Waals surface area contributed by atoms with Gasteiger partial charge in [0, 0.05) is 31.8 Å². The number of thiol groups is 1. The van der Waals surface area contributed by atoms with Crippen LogP contribution in [0.5, 0.6) is 0 Å². The number of aliphatic hydroxyl groups is 1. The number of primary amides is 1. The molecule has 0 saturated carbocycles. The summed E-state index contributed by atoms with van der Waals surface area (Å²) in [5, 5.41) is 71.8. The molecule has 37 N–H and O–H groups in total. The fourth-order valence-corrected chi connectivity index (χ4v) is 14.3. The summed E-state index contributed by atoms with van der Waals surface area (Å²) in [7, 11) is 0. The standard InChI is InChI=1S/C82H150N28O21S2/c1-11-43(6)61(107-70(121)49(23-15-17-32-84)102-78(129)64(46(9)111)110-77(128)63(45(8)13-3)109-72(123)52(27-21-36-95-82(90)91)100-74(125)56(39-58(85)112)105-67(118)50(25-19-34-93-80(86)87)98-65(116)47-24-18-33-92-47)75(126)96-40-59(113)97-48(22-14-16-31-83)66(117)99-51(26-20-35-94-81(88)89)71(122)108-62(44(7)12-2)76(127)103-54(30-37-133-10)69(120)104-55(38-42(4)5)73(124)101-53(28-29-60(114)115)68(119)106-57(41-132)79(130)131/h42-57,61-64,92,111,132H,11-41,83-84H2,1-10H3,(H2,85,112)(H,96,126)(H,97,113)(H,98,116)(H,99,117)(H,100,125)(H,101,124)(H,102,129)(H,103,127)(H,104,120)(H,105,118)(H,106,119)(H,107,121)(H,108,122)(H,109,123)(H,110,128)(H,114,115)(H,130,131)(H4,86,87,93)(H4,88,89,94)(H4,90,91,95)/t43-,44-,45-,46+,47-,48-,49-,50-,51-,52-,53-,54-,55-,56-,57-,61-,62-,63-,64-/m0/s1. The minimum atomic E-state index is -1.85. The second kappa shape index (κ2) is 65.4. The van der Waals surface area contributed by atoms with E-state index in [1.54, 1.807) is 61.6 Å². The van der Waals surface area contributed by atoms with E-state index in [-0.39, 0.29) is 164 Å². The first kappa shape index (κ1) is 120. The second-order valence-electron chi connectivity index (χ2n) is 33.3. The van der Waals surface area contributed by atoms with Crippen LogP contribution in [0, 0.1) is 23.7 Å². The number of carboxylic acid groups (broad SMARTS) is 2. The van der Waals surface area contributed by atoms with Crippen LogP contribution in [0.3, 0.4) is 0 Å². The molecule has 1 saturated heterocycles. The van der Waals surface area contributed by atoms with Crippen LogP contribution >= 0.6 is 24.4 Å². The van der Waals surface area contributed by atoms with Crippen molar-refractivity contribution < 1.29 is 102 Å². The van der Waals surface area contributed by atoms with Crippen molar-refractivity contribution in [2.45, 2.75) is 300 Å². The molecular formula is C82H150N28O21S2. The Bertz CT molecular complexity index is 3870. The third-order valence-electron chi connectivity index (χ3n) is 21.9. The molecule has 0 aliphatic carbocycles. The fraction of sp³-hybridized carbons (Fsp3) is 0.744. The summed E-state index contributed by atoms with van der Waals surface area (Å²) >= 11 is 5.27. The highest BCUT2D eigenvalue weighted by Crippen LogP contribution is 2.19. The van der Waals surface area contributed by atoms with Gasteiger partial charge in [-0.2, -0.15) is 24.4 Å². The van der Waals surface area contributed by atoms with Gasteiger partial charge in [0.05, 0.1) is 25.1 Å². The van der Waals surface area contributed by atoms with Crippen molar-refractivity contribution in [1.29, 1.82) is 0 Å². The summed E-state index contributed by atoms with van der Waals surface area (Å²) in [5.41, 5.74) is 50.6. The normalized spacial score (nSPS) is 16.3. The number of nitrogens with two attached hydrogens (primary N) is 9. The molecule has 1 aliphatic heterocycles. The first-order valence-electron chi connectivity index (χ1n) is 45.1. The monoisotopic (exact) mass is 1930 g/mol. The Kier molecular flexibility index (Phi) is 58.9. The molecule has 133 heavy (non-hydrogen) atoms. The lowest BCUT2D eigenvalue weighted by Crippen LogP contribution is -2.63. The van der Waals surface area contributed by atoms with E-state index in [1.807, 2.05) is 0 Å². The van der Waals surface area contributed by atoms with E-state index in [4.69, 9.17) is 51.6 Å². The molecule has 19 atom stereocenters. The van der Waals surface area contributed by atoms with Crippen molar-refractivity contribution >= 4 is 149 Å². The topological polar surface area (TPSA) is 832 Å². The molecule has 51 heteroatoms. The molecule has 1 heterocycles. The first-order chi connectivity index (χ1) is 62.7. The molecule has 0 unspecified atom stereocenters. The van der Waals surface area contributed by atoms with E-state index < -0.39 is 247 Å². The Morgan fingerprint density at radius 2 is 0.752 bits per heavy atom. The third kappa shape index (κ3) is 47.8. The number of nitrogens with zero attached hydrogens (tertiary/aromatic N) is 3. The van der Waals surface area contributed by atoms with Gasteiger partial charge in [0.15, 0.2) is 17.9 Å². The molecule has 1 fully saturated rings. The van der Waals surface area contributed by atoms with Gasteiger partial charge in [0.2, 0.25) is 94.5 Å². The number of aliphatic hydroxyl groups excluding tert-OH is 1. The molecule has 16 amide bonds. The molecule has 0 aromatic rings. The van der Waals surface area contributed by atoms with Crippen LogP contribution in [0.2, 0.25) is 0 Å². The number of thioether (sulfide) groups is 1. The number of rotatable bonds is 69. The summed E-state index contributed by atoms with van der Waals surface area (Å²) in [6, 6.07) is -21.7. The van der Waals surface area contributed by atoms with Crippen molar-refractivity contribution in [2.75, 3.05) is 63.6 Å². The lowest BCUT2D eigenvalue weighted by molar-refractivity contribution is -0.142. The van der Waals surface area contributed by atoms with Gasteiger partial charge in [-0.25, -0.2) is 4.79 Å². The van der Waals surface area contributed by atoms with Gasteiger partial charge < -0.3 is 152 Å². The molecule has 49 nitrogen and oxygen atoms in total. The minimum Gasteiger partial charge on any atom is -0.481 e. The number of aliphatic carboxylic acids is 2. The van der Waals surface area contributed by atoms with E-state index in [0.717, 1.165) is 6.92 Å². The molecule has 1 rings (SSSR count). The Hall–Kier alpha value is -11.2. The summed E-state index contributed by atoms with van der Waals surface area (Å²) in [4.78, 5) is 262. The highest BCUT2D eigenvalue weighted by Gasteiger charge is 2.41. The van der Waals surface area contributed by atoms with Gasteiger partial charge in [0.25, 0.3) is 0 Å². The Morgan fingerprint density at radius 1 is 0.414 bits per heavy atom. The van der Waals surface area contributed by atoms with Crippen molar-refractivity contribution in [3.63, 3.8) is 0 Å². The summed E-state index contributed by atoms with van der Waals surface area (Å²) < 4.78 is 0. The van der Waals surface area contributed by atoms with Crippen LogP contribution in [0.25, 0.3) is 0 Å². The van der Waals surface area contributed by atoms with Crippen molar-refractivity contribution in [3.8, 4) is 0 Å². The quantitative estimate of drug-likeness (QED) is 0.0116. The zero-order valence-electron chi connectivity index (χ0n) is 78.1. The van der Waals surface area contributed by atoms with E-state index in [0.29, 0.717) is 32.2 Å². The number of hydrogen-bond acceptors (Lipinski definition) is 27. The minimum absolute atomic E-state index is 0.0172. The van der Waals surface area contributed by atoms with Gasteiger partial charge in [-0.05, 0) is 171 Å². The fourth-order valence-electron chi connectivity index (χ4n) is 13.6. The lowest BCUT2D eigenvalue weighted by Gasteiger charge is -2.31. The Morgan fingerprint density at radius 3 is 1.12 bits per heavy atom. The number of aliphatic imine (C=N–C) groups is 3. The van der Waals surface area contributed by atoms with Crippen LogP contribution in [0.1, 0.15) is 204 Å². The zero-order chi connectivity index (χ0) is 101. The smallest absolute Gasteiger partial charge is 0.327 e. The van der Waals surface area contributed by atoms with E-state index in [1.165, 1.54) is 11.8 Å². The number of carbonyl (C=O) groups is 18. The largest absolute Gasteiger partial charge is 0.481 e. The number of amides is 16. The summed E-state index contributed by atoms with van der Waals surface area (Å²) in [5.74, 6) is -21.0.